The van der Waals surface area contributed by atoms with E-state index in [0.29, 0.717) is 6.04 Å². The van der Waals surface area contributed by atoms with Crippen LogP contribution in [0.2, 0.25) is 5.02 Å². The van der Waals surface area contributed by atoms with Gasteiger partial charge in [-0.25, -0.2) is 0 Å². The average molecular weight is 266 g/mol. The summed E-state index contributed by atoms with van der Waals surface area (Å²) >= 11 is 6.04. The molecule has 0 saturated heterocycles. The van der Waals surface area contributed by atoms with Crippen LogP contribution in [-0.4, -0.2) is 13.1 Å². The van der Waals surface area contributed by atoms with Crippen LogP contribution >= 0.6 is 11.6 Å². The van der Waals surface area contributed by atoms with E-state index in [-0.39, 0.29) is 0 Å². The van der Waals surface area contributed by atoms with Gasteiger partial charge in [-0.2, -0.15) is 0 Å². The first-order valence-electron chi connectivity index (χ1n) is 7.19. The van der Waals surface area contributed by atoms with E-state index in [2.05, 4.69) is 24.5 Å². The van der Waals surface area contributed by atoms with E-state index in [1.54, 1.807) is 0 Å². The summed E-state index contributed by atoms with van der Waals surface area (Å²) in [6, 6.07) is 8.85. The molecule has 2 rings (SSSR count). The Morgan fingerprint density at radius 1 is 1.28 bits per heavy atom. The molecule has 0 aromatic heterocycles. The van der Waals surface area contributed by atoms with Crippen molar-refractivity contribution in [2.24, 2.45) is 5.92 Å². The van der Waals surface area contributed by atoms with Crippen molar-refractivity contribution in [3.05, 3.63) is 34.9 Å². The van der Waals surface area contributed by atoms with Crippen LogP contribution in [0.4, 0.5) is 0 Å². The van der Waals surface area contributed by atoms with Crippen molar-refractivity contribution in [1.29, 1.82) is 0 Å². The molecule has 0 aliphatic heterocycles. The van der Waals surface area contributed by atoms with Crippen LogP contribution in [0.5, 0.6) is 0 Å². The normalized spacial score (nSPS) is 18.8. The summed E-state index contributed by atoms with van der Waals surface area (Å²) in [5.74, 6) is 0.926. The number of likely N-dealkylation sites (N-methyl/N-ethyl adjacent to an activating group) is 1. The molecule has 0 heterocycles. The summed E-state index contributed by atoms with van der Waals surface area (Å²) in [5, 5.41) is 4.32. The van der Waals surface area contributed by atoms with Gasteiger partial charge in [-0.05, 0) is 43.5 Å². The van der Waals surface area contributed by atoms with Crippen molar-refractivity contribution in [1.82, 2.24) is 5.32 Å². The molecular weight excluding hydrogens is 242 g/mol. The fraction of sp³-hybridized carbons (Fsp3) is 0.625. The van der Waals surface area contributed by atoms with E-state index in [1.165, 1.54) is 44.1 Å². The van der Waals surface area contributed by atoms with Crippen molar-refractivity contribution in [2.75, 3.05) is 7.05 Å². The molecule has 0 spiro atoms. The number of benzene rings is 1. The molecule has 1 N–H and O–H groups in total. The second kappa shape index (κ2) is 7.16. The lowest BCUT2D eigenvalue weighted by molar-refractivity contribution is 0.302. The highest BCUT2D eigenvalue weighted by atomic mass is 35.5. The van der Waals surface area contributed by atoms with Gasteiger partial charge in [0, 0.05) is 11.1 Å². The summed E-state index contributed by atoms with van der Waals surface area (Å²) in [6.45, 7) is 0. The molecule has 1 atom stereocenters. The molecule has 0 amide bonds. The number of nitrogens with one attached hydrogen (secondary N) is 1. The fourth-order valence-corrected chi connectivity index (χ4v) is 3.29. The first kappa shape index (κ1) is 13.9. The van der Waals surface area contributed by atoms with Crippen LogP contribution in [0.25, 0.3) is 0 Å². The fourth-order valence-electron chi connectivity index (χ4n) is 3.08. The van der Waals surface area contributed by atoms with Crippen LogP contribution in [0.3, 0.4) is 0 Å². The highest BCUT2D eigenvalue weighted by Crippen LogP contribution is 2.28. The zero-order valence-corrected chi connectivity index (χ0v) is 12.0. The van der Waals surface area contributed by atoms with Gasteiger partial charge in [0.15, 0.2) is 0 Å². The molecule has 1 aliphatic rings. The quantitative estimate of drug-likeness (QED) is 0.830. The molecule has 1 aromatic carbocycles. The smallest absolute Gasteiger partial charge is 0.0408 e. The third-order valence-corrected chi connectivity index (χ3v) is 4.36. The van der Waals surface area contributed by atoms with E-state index < -0.39 is 0 Å². The standard InChI is InChI=1S/C16H24ClN/c1-18-16(11-13-6-3-2-4-7-13)12-14-8-5-9-15(17)10-14/h5,8-10,13,16,18H,2-4,6-7,11-12H2,1H3. The summed E-state index contributed by atoms with van der Waals surface area (Å²) in [5.41, 5.74) is 1.35. The van der Waals surface area contributed by atoms with Gasteiger partial charge in [0.05, 0.1) is 0 Å². The first-order chi connectivity index (χ1) is 8.78. The first-order valence-corrected chi connectivity index (χ1v) is 7.57. The Hall–Kier alpha value is -0.530. The van der Waals surface area contributed by atoms with Crippen LogP contribution in [0.1, 0.15) is 44.1 Å². The monoisotopic (exact) mass is 265 g/mol. The van der Waals surface area contributed by atoms with E-state index in [1.807, 2.05) is 12.1 Å². The van der Waals surface area contributed by atoms with Gasteiger partial charge in [0.1, 0.15) is 0 Å². The lowest BCUT2D eigenvalue weighted by atomic mass is 9.83. The Labute approximate surface area is 116 Å². The van der Waals surface area contributed by atoms with E-state index in [4.69, 9.17) is 11.6 Å². The summed E-state index contributed by atoms with van der Waals surface area (Å²) in [4.78, 5) is 0. The number of hydrogen-bond acceptors (Lipinski definition) is 1. The van der Waals surface area contributed by atoms with E-state index >= 15 is 0 Å². The summed E-state index contributed by atoms with van der Waals surface area (Å²) in [7, 11) is 2.08. The van der Waals surface area contributed by atoms with Crippen molar-refractivity contribution in [3.63, 3.8) is 0 Å². The maximum atomic E-state index is 6.04. The number of rotatable bonds is 5. The minimum atomic E-state index is 0.589. The van der Waals surface area contributed by atoms with Gasteiger partial charge in [0.25, 0.3) is 0 Å². The average Bonchev–Trinajstić information content (AvgIpc) is 2.39. The van der Waals surface area contributed by atoms with E-state index in [0.717, 1.165) is 17.4 Å². The van der Waals surface area contributed by atoms with Crippen LogP contribution in [-0.2, 0) is 6.42 Å². The molecule has 18 heavy (non-hydrogen) atoms. The minimum absolute atomic E-state index is 0.589. The van der Waals surface area contributed by atoms with Gasteiger partial charge in [-0.3, -0.25) is 0 Å². The molecule has 1 nitrogen and oxygen atoms in total. The molecular formula is C16H24ClN. The Balaban J connectivity index is 1.88. The Morgan fingerprint density at radius 3 is 2.72 bits per heavy atom. The summed E-state index contributed by atoms with van der Waals surface area (Å²) in [6.07, 6.45) is 9.55. The lowest BCUT2D eigenvalue weighted by Crippen LogP contribution is -2.30. The predicted molar refractivity (Wildman–Crippen MR) is 79.2 cm³/mol. The maximum Gasteiger partial charge on any atom is 0.0408 e. The second-order valence-electron chi connectivity index (χ2n) is 5.56. The number of halogens is 1. The third kappa shape index (κ3) is 4.29. The van der Waals surface area contributed by atoms with Crippen molar-refractivity contribution < 1.29 is 0 Å². The van der Waals surface area contributed by atoms with Gasteiger partial charge in [-0.1, -0.05) is 55.8 Å². The largest absolute Gasteiger partial charge is 0.317 e. The molecule has 1 saturated carbocycles. The number of hydrogen-bond donors (Lipinski definition) is 1. The van der Waals surface area contributed by atoms with Gasteiger partial charge in [-0.15, -0.1) is 0 Å². The molecule has 100 valence electrons. The molecule has 1 fully saturated rings. The minimum Gasteiger partial charge on any atom is -0.317 e. The van der Waals surface area contributed by atoms with E-state index in [9.17, 15) is 0 Å². The van der Waals surface area contributed by atoms with Crippen LogP contribution < -0.4 is 5.32 Å². The topological polar surface area (TPSA) is 12.0 Å². The molecule has 2 heteroatoms. The lowest BCUT2D eigenvalue weighted by Gasteiger charge is -2.26. The molecule has 1 aromatic rings. The van der Waals surface area contributed by atoms with Crippen molar-refractivity contribution in [3.8, 4) is 0 Å². The Kier molecular flexibility index (Phi) is 5.52. The Bertz CT molecular complexity index is 358. The Morgan fingerprint density at radius 2 is 2.06 bits per heavy atom. The van der Waals surface area contributed by atoms with Crippen LogP contribution in [0.15, 0.2) is 24.3 Å². The van der Waals surface area contributed by atoms with Crippen molar-refractivity contribution >= 4 is 11.6 Å². The maximum absolute atomic E-state index is 6.04. The van der Waals surface area contributed by atoms with Gasteiger partial charge >= 0.3 is 0 Å². The van der Waals surface area contributed by atoms with Gasteiger partial charge < -0.3 is 5.32 Å². The predicted octanol–water partition coefficient (Wildman–Crippen LogP) is 4.44. The second-order valence-corrected chi connectivity index (χ2v) is 6.00. The van der Waals surface area contributed by atoms with Gasteiger partial charge in [0.2, 0.25) is 0 Å². The molecule has 1 unspecified atom stereocenters. The van der Waals surface area contributed by atoms with Crippen molar-refractivity contribution in [2.45, 2.75) is 51.0 Å². The highest BCUT2D eigenvalue weighted by Gasteiger charge is 2.18. The highest BCUT2D eigenvalue weighted by molar-refractivity contribution is 6.30. The SMILES string of the molecule is CNC(Cc1cccc(Cl)c1)CC1CCCCC1. The molecule has 1 aliphatic carbocycles. The zero-order chi connectivity index (χ0) is 12.8. The third-order valence-electron chi connectivity index (χ3n) is 4.12. The zero-order valence-electron chi connectivity index (χ0n) is 11.3. The molecule has 0 bridgehead atoms. The van der Waals surface area contributed by atoms with Crippen LogP contribution in [0, 0.1) is 5.92 Å². The summed E-state index contributed by atoms with van der Waals surface area (Å²) < 4.78 is 0. The molecule has 0 radical (unpaired) electrons.